The molecular weight excluding hydrogens is 367 g/mol. The summed E-state index contributed by atoms with van der Waals surface area (Å²) in [5.41, 5.74) is 2.52. The van der Waals surface area contributed by atoms with E-state index in [1.807, 2.05) is 6.08 Å². The fourth-order valence-corrected chi connectivity index (χ4v) is 8.05. The second-order valence-corrected chi connectivity index (χ2v) is 10.4. The minimum Gasteiger partial charge on any atom is -0.358 e. The molecule has 0 aliphatic heterocycles. The lowest BCUT2D eigenvalue weighted by molar-refractivity contribution is 1.38. The molecule has 144 valence electrons. The molecule has 0 bridgehead atoms. The van der Waals surface area contributed by atoms with Gasteiger partial charge in [-0.05, 0) is 47.5 Å². The molecule has 0 unspecified atom stereocenters. The van der Waals surface area contributed by atoms with E-state index in [1.54, 1.807) is 0 Å². The Morgan fingerprint density at radius 2 is 0.931 bits per heavy atom. The molecule has 0 radical (unpaired) electrons. The highest BCUT2D eigenvalue weighted by Gasteiger charge is 2.45. The smallest absolute Gasteiger partial charge is 0.116 e. The monoisotopic (exact) mass is 394 g/mol. The van der Waals surface area contributed by atoms with Crippen LogP contribution in [0.4, 0.5) is 0 Å². The summed E-state index contributed by atoms with van der Waals surface area (Å²) < 4.78 is 0. The summed E-state index contributed by atoms with van der Waals surface area (Å²) in [7, 11) is -1.82. The van der Waals surface area contributed by atoms with E-state index in [2.05, 4.69) is 122 Å². The van der Waals surface area contributed by atoms with Crippen LogP contribution < -0.4 is 15.9 Å². The molecule has 1 heteroatoms. The molecule has 0 heterocycles. The van der Waals surface area contributed by atoms with E-state index in [1.165, 1.54) is 21.5 Å². The van der Waals surface area contributed by atoms with Crippen molar-refractivity contribution >= 4 is 29.3 Å². The topological polar surface area (TPSA) is 0 Å². The third-order valence-corrected chi connectivity index (χ3v) is 9.60. The van der Waals surface area contributed by atoms with Gasteiger partial charge in [0.15, 0.2) is 0 Å². The Balaban J connectivity index is 0.00000240. The molecule has 0 aromatic heterocycles. The minimum atomic E-state index is -1.82. The molecular formula is C28H27P. The molecule has 0 aliphatic carbocycles. The molecule has 0 atom stereocenters. The predicted octanol–water partition coefficient (Wildman–Crippen LogP) is 6.27. The summed E-state index contributed by atoms with van der Waals surface area (Å²) >= 11 is 0. The molecule has 0 fully saturated rings. The summed E-state index contributed by atoms with van der Waals surface area (Å²) in [5.74, 6) is 0. The van der Waals surface area contributed by atoms with Crippen LogP contribution >= 0.6 is 7.26 Å². The van der Waals surface area contributed by atoms with Crippen LogP contribution in [0.2, 0.25) is 0 Å². The van der Waals surface area contributed by atoms with Crippen molar-refractivity contribution in [1.82, 2.24) is 0 Å². The first kappa shape index (κ1) is 20.8. The zero-order chi connectivity index (χ0) is 19.2. The van der Waals surface area contributed by atoms with Crippen molar-refractivity contribution in [2.24, 2.45) is 0 Å². The van der Waals surface area contributed by atoms with Crippen molar-refractivity contribution < 1.29 is 0 Å². The van der Waals surface area contributed by atoms with Gasteiger partial charge in [0.05, 0.1) is 6.16 Å². The van der Waals surface area contributed by atoms with Gasteiger partial charge < -0.3 is 7.43 Å². The van der Waals surface area contributed by atoms with E-state index in [9.17, 15) is 0 Å². The van der Waals surface area contributed by atoms with Crippen molar-refractivity contribution in [2.45, 2.75) is 6.16 Å². The minimum absolute atomic E-state index is 0. The Hall–Kier alpha value is -2.95. The maximum Gasteiger partial charge on any atom is 0.116 e. The van der Waals surface area contributed by atoms with Gasteiger partial charge >= 0.3 is 0 Å². The lowest BCUT2D eigenvalue weighted by Gasteiger charge is -2.27. The summed E-state index contributed by atoms with van der Waals surface area (Å²) in [6, 6.07) is 41.9. The number of rotatable bonds is 6. The third-order valence-electron chi connectivity index (χ3n) is 5.23. The Morgan fingerprint density at radius 3 is 1.28 bits per heavy atom. The van der Waals surface area contributed by atoms with Crippen LogP contribution in [0, 0.1) is 7.43 Å². The zero-order valence-corrected chi connectivity index (χ0v) is 17.8. The molecule has 0 nitrogen and oxygen atoms in total. The van der Waals surface area contributed by atoms with E-state index in [4.69, 9.17) is 0 Å². The standard InChI is InChI=1S/C27H24P.CH3/c1-2-23-18-20-24(21-19-23)22-28(25-12-6-3-7-13-25,26-14-8-4-9-15-26)27-16-10-5-11-17-27;/h2-21H,1,22H2;1H3/q+1;-1. The van der Waals surface area contributed by atoms with E-state index < -0.39 is 7.26 Å². The zero-order valence-electron chi connectivity index (χ0n) is 16.9. The van der Waals surface area contributed by atoms with Crippen LogP contribution in [0.5, 0.6) is 0 Å². The Morgan fingerprint density at radius 1 is 0.552 bits per heavy atom. The first-order valence-corrected chi connectivity index (χ1v) is 11.6. The van der Waals surface area contributed by atoms with Crippen molar-refractivity contribution in [1.29, 1.82) is 0 Å². The van der Waals surface area contributed by atoms with Crippen molar-refractivity contribution in [3.63, 3.8) is 0 Å². The fraction of sp³-hybridized carbons (Fsp3) is 0.0357. The molecule has 0 amide bonds. The maximum absolute atomic E-state index is 3.88. The Labute approximate surface area is 175 Å². The highest BCUT2D eigenvalue weighted by Crippen LogP contribution is 2.58. The first-order valence-electron chi connectivity index (χ1n) is 9.59. The SMILES string of the molecule is C=Cc1ccc(C[P+](c2ccccc2)(c2ccccc2)c2ccccc2)cc1.[CH3-]. The molecule has 0 aliphatic rings. The van der Waals surface area contributed by atoms with Crippen molar-refractivity contribution in [3.8, 4) is 0 Å². The van der Waals surface area contributed by atoms with Gasteiger partial charge in [-0.15, -0.1) is 0 Å². The second-order valence-electron chi connectivity index (χ2n) is 6.92. The highest BCUT2D eigenvalue weighted by atomic mass is 31.2. The van der Waals surface area contributed by atoms with Gasteiger partial charge in [0.2, 0.25) is 0 Å². The number of hydrogen-bond acceptors (Lipinski definition) is 0. The number of hydrogen-bond donors (Lipinski definition) is 0. The van der Waals surface area contributed by atoms with E-state index in [0.29, 0.717) is 0 Å². The highest BCUT2D eigenvalue weighted by molar-refractivity contribution is 7.95. The van der Waals surface area contributed by atoms with Crippen LogP contribution in [0.1, 0.15) is 11.1 Å². The van der Waals surface area contributed by atoms with E-state index in [0.717, 1.165) is 11.7 Å². The molecule has 4 aromatic rings. The molecule has 0 saturated carbocycles. The number of benzene rings is 4. The fourth-order valence-electron chi connectivity index (χ4n) is 3.80. The molecule has 29 heavy (non-hydrogen) atoms. The summed E-state index contributed by atoms with van der Waals surface area (Å²) in [4.78, 5) is 0. The van der Waals surface area contributed by atoms with Gasteiger partial charge in [-0.3, -0.25) is 0 Å². The van der Waals surface area contributed by atoms with Gasteiger partial charge in [-0.25, -0.2) is 0 Å². The van der Waals surface area contributed by atoms with Crippen LogP contribution in [-0.4, -0.2) is 0 Å². The van der Waals surface area contributed by atoms with Crippen LogP contribution in [0.15, 0.2) is 122 Å². The van der Waals surface area contributed by atoms with Gasteiger partial charge in [0, 0.05) is 0 Å². The summed E-state index contributed by atoms with van der Waals surface area (Å²) in [6.45, 7) is 3.88. The normalized spacial score (nSPS) is 10.8. The van der Waals surface area contributed by atoms with Crippen LogP contribution in [0.3, 0.4) is 0 Å². The predicted molar refractivity (Wildman–Crippen MR) is 132 cm³/mol. The van der Waals surface area contributed by atoms with Gasteiger partial charge in [0.25, 0.3) is 0 Å². The van der Waals surface area contributed by atoms with Crippen molar-refractivity contribution in [3.05, 3.63) is 140 Å². The van der Waals surface area contributed by atoms with E-state index >= 15 is 0 Å². The first-order chi connectivity index (χ1) is 13.8. The van der Waals surface area contributed by atoms with Gasteiger partial charge in [-0.1, -0.05) is 91.5 Å². The summed E-state index contributed by atoms with van der Waals surface area (Å²) in [6.07, 6.45) is 2.90. The average molecular weight is 394 g/mol. The molecule has 0 N–H and O–H groups in total. The third kappa shape index (κ3) is 4.24. The van der Waals surface area contributed by atoms with Crippen LogP contribution in [0.25, 0.3) is 6.08 Å². The lowest BCUT2D eigenvalue weighted by atomic mass is 10.1. The maximum atomic E-state index is 3.88. The summed E-state index contributed by atoms with van der Waals surface area (Å²) in [5, 5.41) is 4.25. The molecule has 0 spiro atoms. The molecule has 0 saturated heterocycles. The Bertz CT molecular complexity index is 923. The van der Waals surface area contributed by atoms with Crippen LogP contribution in [-0.2, 0) is 6.16 Å². The largest absolute Gasteiger partial charge is 0.358 e. The Kier molecular flexibility index (Phi) is 6.81. The van der Waals surface area contributed by atoms with Gasteiger partial charge in [0.1, 0.15) is 23.2 Å². The molecule has 4 rings (SSSR count). The van der Waals surface area contributed by atoms with E-state index in [-0.39, 0.29) is 7.43 Å². The van der Waals surface area contributed by atoms with Crippen molar-refractivity contribution in [2.75, 3.05) is 0 Å². The quantitative estimate of drug-likeness (QED) is 0.267. The second kappa shape index (κ2) is 9.50. The average Bonchev–Trinajstić information content (AvgIpc) is 2.80. The lowest BCUT2D eigenvalue weighted by Crippen LogP contribution is -2.32. The van der Waals surface area contributed by atoms with Gasteiger partial charge in [-0.2, -0.15) is 0 Å². The molecule has 4 aromatic carbocycles.